The molecular weight excluding hydrogens is 418 g/mol. The van der Waals surface area contributed by atoms with Gasteiger partial charge in [0.25, 0.3) is 5.78 Å². The number of aliphatic hydroxyl groups is 1. The lowest BCUT2D eigenvalue weighted by atomic mass is 9.95. The second-order valence-electron chi connectivity index (χ2n) is 6.74. The zero-order valence-corrected chi connectivity index (χ0v) is 17.4. The Morgan fingerprint density at radius 2 is 2.00 bits per heavy atom. The van der Waals surface area contributed by atoms with Gasteiger partial charge in [-0.25, -0.2) is 10.2 Å². The number of thiazole rings is 1. The van der Waals surface area contributed by atoms with Gasteiger partial charge in [0.2, 0.25) is 0 Å². The summed E-state index contributed by atoms with van der Waals surface area (Å²) >= 11 is 1.22. The summed E-state index contributed by atoms with van der Waals surface area (Å²) < 4.78 is 5.43. The topological polar surface area (TPSA) is 117 Å². The van der Waals surface area contributed by atoms with Gasteiger partial charge < -0.3 is 9.84 Å². The normalized spacial score (nSPS) is 17.9. The first-order valence-corrected chi connectivity index (χ1v) is 10.4. The predicted octanol–water partition coefficient (Wildman–Crippen LogP) is 2.75. The van der Waals surface area contributed by atoms with Crippen molar-refractivity contribution in [3.63, 3.8) is 0 Å². The highest BCUT2D eigenvalue weighted by molar-refractivity contribution is 7.14. The molecule has 0 bridgehead atoms. The minimum atomic E-state index is -0.891. The highest BCUT2D eigenvalue weighted by Gasteiger charge is 2.48. The molecule has 4 rings (SSSR count). The number of hydrogen-bond donors (Lipinski definition) is 3. The van der Waals surface area contributed by atoms with Crippen molar-refractivity contribution >= 4 is 39.6 Å². The molecule has 31 heavy (non-hydrogen) atoms. The second-order valence-corrected chi connectivity index (χ2v) is 7.61. The number of rotatable bonds is 6. The van der Waals surface area contributed by atoms with Crippen molar-refractivity contribution in [1.29, 1.82) is 0 Å². The van der Waals surface area contributed by atoms with Crippen LogP contribution in [-0.4, -0.2) is 33.6 Å². The van der Waals surface area contributed by atoms with Crippen molar-refractivity contribution in [2.45, 2.75) is 13.0 Å². The van der Waals surface area contributed by atoms with Crippen LogP contribution in [0.4, 0.5) is 10.8 Å². The molecule has 1 aliphatic heterocycles. The molecule has 4 N–H and O–H groups in total. The number of aromatic nitrogens is 1. The summed E-state index contributed by atoms with van der Waals surface area (Å²) in [5.41, 5.74) is 2.34. The van der Waals surface area contributed by atoms with Crippen LogP contribution in [0.3, 0.4) is 0 Å². The predicted molar refractivity (Wildman–Crippen MR) is 114 cm³/mol. The third-order valence-corrected chi connectivity index (χ3v) is 5.65. The smallest absolute Gasteiger partial charge is 0.301 e. The molecule has 1 aliphatic rings. The van der Waals surface area contributed by atoms with E-state index in [0.717, 1.165) is 5.48 Å². The standard InChI is InChI=1S/C22H19N3O5S/c1-2-30-16-8-6-13(7-9-16)19(26)17-18(14-4-3-5-15(12-14)24-29)25(21(28)20(17)27)22-23-10-11-31-22/h3-12,18,24,26,29H,2H2,1H3/p+1/b19-17+. The van der Waals surface area contributed by atoms with Crippen molar-refractivity contribution in [1.82, 2.24) is 4.98 Å². The van der Waals surface area contributed by atoms with E-state index in [4.69, 9.17) is 4.74 Å². The number of aliphatic hydroxyl groups excluding tert-OH is 1. The van der Waals surface area contributed by atoms with E-state index in [-0.39, 0.29) is 11.3 Å². The van der Waals surface area contributed by atoms with E-state index in [2.05, 4.69) is 4.98 Å². The summed E-state index contributed by atoms with van der Waals surface area (Å²) in [6.07, 6.45) is 1.54. The van der Waals surface area contributed by atoms with Gasteiger partial charge in [-0.2, -0.15) is 5.48 Å². The number of hydrogen-bond acceptors (Lipinski definition) is 7. The molecule has 8 nitrogen and oxygen atoms in total. The third-order valence-electron chi connectivity index (χ3n) is 4.88. The monoisotopic (exact) mass is 438 g/mol. The van der Waals surface area contributed by atoms with Crippen LogP contribution in [0.5, 0.6) is 5.75 Å². The van der Waals surface area contributed by atoms with Crippen LogP contribution in [0.25, 0.3) is 5.76 Å². The molecule has 3 aromatic rings. The van der Waals surface area contributed by atoms with E-state index in [9.17, 15) is 19.9 Å². The van der Waals surface area contributed by atoms with Crippen LogP contribution in [-0.2, 0) is 9.59 Å². The van der Waals surface area contributed by atoms with Crippen LogP contribution in [0.15, 0.2) is 65.7 Å². The molecule has 1 atom stereocenters. The SMILES string of the molecule is CCOc1ccc(/C(O)=C2\C(=O)C(=O)N(c3nccs3)C2c2cccc([NH2+]O)c2)cc1. The van der Waals surface area contributed by atoms with Crippen molar-refractivity contribution in [3.8, 4) is 5.75 Å². The van der Waals surface area contributed by atoms with Gasteiger partial charge in [-0.05, 0) is 36.8 Å². The third kappa shape index (κ3) is 3.81. The van der Waals surface area contributed by atoms with Gasteiger partial charge >= 0.3 is 5.91 Å². The molecule has 0 spiro atoms. The Morgan fingerprint density at radius 3 is 2.65 bits per heavy atom. The van der Waals surface area contributed by atoms with Crippen molar-refractivity contribution in [2.24, 2.45) is 0 Å². The number of nitrogens with two attached hydrogens (primary N) is 1. The van der Waals surface area contributed by atoms with E-state index in [1.165, 1.54) is 16.2 Å². The fourth-order valence-electron chi connectivity index (χ4n) is 3.52. The van der Waals surface area contributed by atoms with Gasteiger partial charge in [0.1, 0.15) is 11.5 Å². The number of nitrogens with zero attached hydrogens (tertiary/aromatic N) is 2. The summed E-state index contributed by atoms with van der Waals surface area (Å²) in [6.45, 7) is 2.37. The average molecular weight is 438 g/mol. The number of Topliss-reactive ketones (excluding diaryl/α,β-unsaturated/α-hetero) is 1. The van der Waals surface area contributed by atoms with Gasteiger partial charge in [-0.3, -0.25) is 14.5 Å². The van der Waals surface area contributed by atoms with Crippen molar-refractivity contribution < 1.29 is 30.1 Å². The van der Waals surface area contributed by atoms with Crippen LogP contribution in [0.2, 0.25) is 0 Å². The molecule has 1 fully saturated rings. The van der Waals surface area contributed by atoms with E-state index in [1.54, 1.807) is 60.1 Å². The van der Waals surface area contributed by atoms with E-state index < -0.39 is 17.7 Å². The zero-order valence-electron chi connectivity index (χ0n) is 16.6. The number of benzene rings is 2. The molecule has 1 saturated heterocycles. The maximum Gasteiger partial charge on any atom is 0.301 e. The van der Waals surface area contributed by atoms with Gasteiger partial charge in [0.05, 0.1) is 18.2 Å². The van der Waals surface area contributed by atoms with E-state index in [0.29, 0.717) is 34.3 Å². The van der Waals surface area contributed by atoms with E-state index in [1.807, 2.05) is 6.92 Å². The van der Waals surface area contributed by atoms with E-state index >= 15 is 0 Å². The van der Waals surface area contributed by atoms with Crippen molar-refractivity contribution in [2.75, 3.05) is 11.5 Å². The van der Waals surface area contributed by atoms with Crippen LogP contribution in [0, 0.1) is 0 Å². The number of amides is 1. The first-order valence-electron chi connectivity index (χ1n) is 9.56. The molecule has 0 radical (unpaired) electrons. The lowest BCUT2D eigenvalue weighted by Gasteiger charge is -2.23. The number of carbonyl (C=O) groups is 2. The minimum absolute atomic E-state index is 0.0422. The largest absolute Gasteiger partial charge is 0.507 e. The number of carbonyl (C=O) groups excluding carboxylic acids is 2. The van der Waals surface area contributed by atoms with Crippen LogP contribution >= 0.6 is 11.3 Å². The number of quaternary nitrogens is 1. The Bertz CT molecular complexity index is 1140. The molecule has 1 amide bonds. The van der Waals surface area contributed by atoms with Gasteiger partial charge in [0.15, 0.2) is 10.8 Å². The summed E-state index contributed by atoms with van der Waals surface area (Å²) in [6, 6.07) is 12.5. The highest BCUT2D eigenvalue weighted by Crippen LogP contribution is 2.43. The summed E-state index contributed by atoms with van der Waals surface area (Å²) in [5, 5.41) is 22.5. The summed E-state index contributed by atoms with van der Waals surface area (Å²) in [5.74, 6) is -1.23. The fourth-order valence-corrected chi connectivity index (χ4v) is 4.19. The fraction of sp³-hybridized carbons (Fsp3) is 0.136. The maximum absolute atomic E-state index is 13.0. The molecule has 0 saturated carbocycles. The molecule has 1 unspecified atom stereocenters. The number of ether oxygens (including phenoxy) is 1. The maximum atomic E-state index is 13.0. The van der Waals surface area contributed by atoms with Gasteiger partial charge in [-0.15, -0.1) is 11.3 Å². The molecular formula is C22H20N3O5S+. The van der Waals surface area contributed by atoms with Crippen LogP contribution in [0.1, 0.15) is 24.1 Å². The molecule has 0 aliphatic carbocycles. The quantitative estimate of drug-likeness (QED) is 0.179. The zero-order chi connectivity index (χ0) is 22.0. The lowest BCUT2D eigenvalue weighted by molar-refractivity contribution is -0.825. The summed E-state index contributed by atoms with van der Waals surface area (Å²) in [7, 11) is 0. The molecule has 1 aromatic heterocycles. The highest BCUT2D eigenvalue weighted by atomic mass is 32.1. The average Bonchev–Trinajstić information content (AvgIpc) is 3.41. The minimum Gasteiger partial charge on any atom is -0.507 e. The Labute approximate surface area is 182 Å². The Balaban J connectivity index is 1.88. The number of ketones is 1. The van der Waals surface area contributed by atoms with Crippen molar-refractivity contribution in [3.05, 3.63) is 76.8 Å². The Morgan fingerprint density at radius 1 is 1.23 bits per heavy atom. The van der Waals surface area contributed by atoms with Gasteiger partial charge in [0, 0.05) is 29.3 Å². The first kappa shape index (κ1) is 20.7. The molecule has 2 heterocycles. The first-order chi connectivity index (χ1) is 15.0. The molecule has 9 heteroatoms. The summed E-state index contributed by atoms with van der Waals surface area (Å²) in [4.78, 5) is 31.4. The number of anilines is 1. The second kappa shape index (κ2) is 8.68. The Kier molecular flexibility index (Phi) is 5.81. The van der Waals surface area contributed by atoms with Gasteiger partial charge in [-0.1, -0.05) is 12.1 Å². The molecule has 158 valence electrons. The molecule has 2 aromatic carbocycles. The Hall–Kier alpha value is -3.53. The lowest BCUT2D eigenvalue weighted by Crippen LogP contribution is -2.73. The van der Waals surface area contributed by atoms with Crippen LogP contribution < -0.4 is 15.1 Å².